The number of carbonyl (C=O) groups is 1. The van der Waals surface area contributed by atoms with Crippen molar-refractivity contribution in [2.75, 3.05) is 14.2 Å². The number of hydrogen-bond acceptors (Lipinski definition) is 4. The topological polar surface area (TPSA) is 70.9 Å². The van der Waals surface area contributed by atoms with Gasteiger partial charge in [-0.1, -0.05) is 29.4 Å². The molecule has 0 spiro atoms. The fraction of sp³-hybridized carbons (Fsp3) is 0.273. The van der Waals surface area contributed by atoms with Crippen molar-refractivity contribution >= 4 is 11.6 Å². The van der Waals surface area contributed by atoms with Gasteiger partial charge in [-0.25, -0.2) is 0 Å². The average Bonchev–Trinajstić information content (AvgIpc) is 2.35. The molecule has 0 unspecified atom stereocenters. The van der Waals surface area contributed by atoms with Gasteiger partial charge in [-0.05, 0) is 5.56 Å². The van der Waals surface area contributed by atoms with Crippen LogP contribution in [0.15, 0.2) is 29.4 Å². The lowest BCUT2D eigenvalue weighted by molar-refractivity contribution is -0.114. The summed E-state index contributed by atoms with van der Waals surface area (Å²) in [5.74, 6) is -0.359. The molecule has 1 rings (SSSR count). The Morgan fingerprint density at radius 2 is 2.19 bits per heavy atom. The van der Waals surface area contributed by atoms with Crippen LogP contribution in [0.3, 0.4) is 0 Å². The molecule has 5 nitrogen and oxygen atoms in total. The summed E-state index contributed by atoms with van der Waals surface area (Å²) in [7, 11) is 2.87. The summed E-state index contributed by atoms with van der Waals surface area (Å²) in [6.07, 6.45) is 0. The maximum absolute atomic E-state index is 11.6. The summed E-state index contributed by atoms with van der Waals surface area (Å²) >= 11 is 0. The van der Waals surface area contributed by atoms with E-state index in [2.05, 4.69) is 15.3 Å². The van der Waals surface area contributed by atoms with Crippen LogP contribution < -0.4 is 5.32 Å². The highest BCUT2D eigenvalue weighted by atomic mass is 16.6. The molecule has 0 bridgehead atoms. The Balaban J connectivity index is 3.21. The van der Waals surface area contributed by atoms with Crippen LogP contribution in [-0.4, -0.2) is 30.9 Å². The van der Waals surface area contributed by atoms with Crippen LogP contribution in [0.4, 0.5) is 0 Å². The first-order valence-corrected chi connectivity index (χ1v) is 4.77. The molecule has 0 saturated carbocycles. The van der Waals surface area contributed by atoms with Crippen molar-refractivity contribution < 1.29 is 14.7 Å². The smallest absolute Gasteiger partial charge is 0.273 e. The quantitative estimate of drug-likeness (QED) is 0.567. The van der Waals surface area contributed by atoms with Gasteiger partial charge in [-0.15, -0.1) is 0 Å². The number of aliphatic hydroxyl groups is 1. The molecule has 0 aromatic heterocycles. The molecule has 0 radical (unpaired) electrons. The van der Waals surface area contributed by atoms with Gasteiger partial charge in [0.05, 0.1) is 6.61 Å². The van der Waals surface area contributed by atoms with Gasteiger partial charge in [0.15, 0.2) is 5.71 Å². The van der Waals surface area contributed by atoms with E-state index in [1.807, 2.05) is 0 Å². The van der Waals surface area contributed by atoms with E-state index in [0.717, 1.165) is 0 Å². The van der Waals surface area contributed by atoms with Crippen molar-refractivity contribution in [3.8, 4) is 0 Å². The van der Waals surface area contributed by atoms with E-state index in [4.69, 9.17) is 5.11 Å². The van der Waals surface area contributed by atoms with E-state index in [0.29, 0.717) is 11.1 Å². The molecular formula is C11H14N2O3. The maximum atomic E-state index is 11.6. The van der Waals surface area contributed by atoms with Gasteiger partial charge in [-0.2, -0.15) is 0 Å². The first-order valence-electron chi connectivity index (χ1n) is 4.77. The number of rotatable bonds is 4. The zero-order chi connectivity index (χ0) is 12.0. The van der Waals surface area contributed by atoms with Crippen LogP contribution in [0.2, 0.25) is 0 Å². The molecule has 2 N–H and O–H groups in total. The summed E-state index contributed by atoms with van der Waals surface area (Å²) in [5, 5.41) is 15.3. The van der Waals surface area contributed by atoms with Crippen LogP contribution in [0.1, 0.15) is 11.1 Å². The van der Waals surface area contributed by atoms with Crippen molar-refractivity contribution in [2.45, 2.75) is 6.61 Å². The highest BCUT2D eigenvalue weighted by Crippen LogP contribution is 2.10. The van der Waals surface area contributed by atoms with Crippen LogP contribution in [0.5, 0.6) is 0 Å². The Bertz CT molecular complexity index is 402. The number of hydrogen-bond donors (Lipinski definition) is 2. The van der Waals surface area contributed by atoms with Crippen molar-refractivity contribution in [1.82, 2.24) is 5.32 Å². The molecule has 5 heteroatoms. The van der Waals surface area contributed by atoms with Crippen molar-refractivity contribution in [3.05, 3.63) is 35.4 Å². The third-order valence-corrected chi connectivity index (χ3v) is 2.07. The number of aliphatic hydroxyl groups excluding tert-OH is 1. The minimum Gasteiger partial charge on any atom is -0.398 e. The van der Waals surface area contributed by atoms with Crippen LogP contribution in [-0.2, 0) is 16.2 Å². The second-order valence-electron chi connectivity index (χ2n) is 3.02. The number of oxime groups is 1. The Kier molecular flexibility index (Phi) is 4.47. The average molecular weight is 222 g/mol. The van der Waals surface area contributed by atoms with Crippen LogP contribution in [0.25, 0.3) is 0 Å². The van der Waals surface area contributed by atoms with Gasteiger partial charge in [-0.3, -0.25) is 4.79 Å². The second kappa shape index (κ2) is 5.87. The molecule has 0 saturated heterocycles. The molecule has 0 atom stereocenters. The highest BCUT2D eigenvalue weighted by Gasteiger charge is 2.16. The molecule has 1 aromatic carbocycles. The highest BCUT2D eigenvalue weighted by molar-refractivity contribution is 6.45. The predicted molar refractivity (Wildman–Crippen MR) is 60.0 cm³/mol. The molecule has 1 aromatic rings. The molecule has 0 aliphatic heterocycles. The summed E-state index contributed by atoms with van der Waals surface area (Å²) in [6, 6.07) is 6.98. The first kappa shape index (κ1) is 12.2. The van der Waals surface area contributed by atoms with E-state index >= 15 is 0 Å². The van der Waals surface area contributed by atoms with E-state index in [9.17, 15) is 4.79 Å². The van der Waals surface area contributed by atoms with Gasteiger partial charge in [0.1, 0.15) is 7.11 Å². The monoisotopic (exact) mass is 222 g/mol. The first-order chi connectivity index (χ1) is 7.74. The lowest BCUT2D eigenvalue weighted by Crippen LogP contribution is -2.29. The molecular weight excluding hydrogens is 208 g/mol. The lowest BCUT2D eigenvalue weighted by atomic mass is 10.0. The van der Waals surface area contributed by atoms with Gasteiger partial charge < -0.3 is 15.3 Å². The normalized spacial score (nSPS) is 11.1. The van der Waals surface area contributed by atoms with Crippen molar-refractivity contribution in [2.24, 2.45) is 5.16 Å². The molecule has 86 valence electrons. The zero-order valence-corrected chi connectivity index (χ0v) is 9.23. The Labute approximate surface area is 93.7 Å². The SMILES string of the molecule is CNC(=O)C(=NOC)c1ccccc1CO. The molecule has 0 aliphatic carbocycles. The van der Waals surface area contributed by atoms with E-state index in [1.54, 1.807) is 24.3 Å². The molecule has 1 amide bonds. The molecule has 0 aliphatic rings. The predicted octanol–water partition coefficient (Wildman–Crippen LogP) is 0.275. The Morgan fingerprint density at radius 1 is 1.50 bits per heavy atom. The number of likely N-dealkylation sites (N-methyl/N-ethyl adjacent to an activating group) is 1. The molecule has 0 fully saturated rings. The van der Waals surface area contributed by atoms with Gasteiger partial charge in [0.25, 0.3) is 5.91 Å². The Hall–Kier alpha value is -1.88. The maximum Gasteiger partial charge on any atom is 0.273 e. The summed E-state index contributed by atoms with van der Waals surface area (Å²) in [4.78, 5) is 16.2. The lowest BCUT2D eigenvalue weighted by Gasteiger charge is -2.08. The third kappa shape index (κ3) is 2.58. The minimum atomic E-state index is -0.359. The fourth-order valence-electron chi connectivity index (χ4n) is 1.31. The zero-order valence-electron chi connectivity index (χ0n) is 9.23. The summed E-state index contributed by atoms with van der Waals surface area (Å²) < 4.78 is 0. The molecule has 0 heterocycles. The van der Waals surface area contributed by atoms with Gasteiger partial charge >= 0.3 is 0 Å². The van der Waals surface area contributed by atoms with E-state index in [-0.39, 0.29) is 18.2 Å². The largest absolute Gasteiger partial charge is 0.398 e. The van der Waals surface area contributed by atoms with E-state index < -0.39 is 0 Å². The number of nitrogens with one attached hydrogen (secondary N) is 1. The van der Waals surface area contributed by atoms with Crippen LogP contribution in [0, 0.1) is 0 Å². The van der Waals surface area contributed by atoms with Crippen molar-refractivity contribution in [3.63, 3.8) is 0 Å². The van der Waals surface area contributed by atoms with Crippen LogP contribution >= 0.6 is 0 Å². The van der Waals surface area contributed by atoms with Crippen molar-refractivity contribution in [1.29, 1.82) is 0 Å². The molecule has 16 heavy (non-hydrogen) atoms. The number of carbonyl (C=O) groups excluding carboxylic acids is 1. The summed E-state index contributed by atoms with van der Waals surface area (Å²) in [5.41, 5.74) is 1.34. The third-order valence-electron chi connectivity index (χ3n) is 2.07. The van der Waals surface area contributed by atoms with Gasteiger partial charge in [0.2, 0.25) is 0 Å². The number of nitrogens with zero attached hydrogens (tertiary/aromatic N) is 1. The Morgan fingerprint density at radius 3 is 2.75 bits per heavy atom. The number of benzene rings is 1. The minimum absolute atomic E-state index is 0.148. The fourth-order valence-corrected chi connectivity index (χ4v) is 1.31. The standard InChI is InChI=1S/C11H14N2O3/c1-12-11(15)10(13-16-2)9-6-4-3-5-8(9)7-14/h3-6,14H,7H2,1-2H3,(H,12,15). The number of amides is 1. The van der Waals surface area contributed by atoms with Gasteiger partial charge in [0, 0.05) is 12.6 Å². The second-order valence-corrected chi connectivity index (χ2v) is 3.02. The summed E-state index contributed by atoms with van der Waals surface area (Å²) in [6.45, 7) is -0.157. The van der Waals surface area contributed by atoms with E-state index in [1.165, 1.54) is 14.2 Å².